The Bertz CT molecular complexity index is 864. The van der Waals surface area contributed by atoms with Crippen LogP contribution in [0.5, 0.6) is 17.2 Å². The van der Waals surface area contributed by atoms with E-state index in [0.29, 0.717) is 40.9 Å². The van der Waals surface area contributed by atoms with Crippen molar-refractivity contribution in [2.75, 3.05) is 52.4 Å². The fourth-order valence-electron chi connectivity index (χ4n) is 3.51. The van der Waals surface area contributed by atoms with E-state index in [2.05, 4.69) is 11.8 Å². The number of carbonyl (C=O) groups is 1. The van der Waals surface area contributed by atoms with E-state index in [-0.39, 0.29) is 5.91 Å². The van der Waals surface area contributed by atoms with Crippen LogP contribution in [-0.4, -0.2) is 58.3 Å². The van der Waals surface area contributed by atoms with Crippen LogP contribution in [0.3, 0.4) is 0 Å². The second-order valence-corrected chi connectivity index (χ2v) is 7.03. The third-order valence-electron chi connectivity index (χ3n) is 5.01. The maximum Gasteiger partial charge on any atom is 0.257 e. The Balaban J connectivity index is 1.78. The molecule has 0 radical (unpaired) electrons. The lowest BCUT2D eigenvalue weighted by Crippen LogP contribution is -2.49. The van der Waals surface area contributed by atoms with Crippen molar-refractivity contribution in [2.24, 2.45) is 0 Å². The van der Waals surface area contributed by atoms with Gasteiger partial charge in [0.05, 0.1) is 26.9 Å². The van der Waals surface area contributed by atoms with Crippen LogP contribution < -0.4 is 19.1 Å². The van der Waals surface area contributed by atoms with Crippen molar-refractivity contribution in [3.8, 4) is 17.2 Å². The number of halogens is 1. The SMILES string of the molecule is COc1ccc(C(=O)N2CCN(c3cc(Cl)ccc3C)CC2)c(OC)c1OC. The topological polar surface area (TPSA) is 51.2 Å². The number of piperazine rings is 1. The second-order valence-electron chi connectivity index (χ2n) is 6.59. The third-order valence-corrected chi connectivity index (χ3v) is 5.25. The molecule has 1 aliphatic heterocycles. The Labute approximate surface area is 170 Å². The van der Waals surface area contributed by atoms with Crippen molar-refractivity contribution >= 4 is 23.2 Å². The van der Waals surface area contributed by atoms with Crippen LogP contribution in [0.15, 0.2) is 30.3 Å². The van der Waals surface area contributed by atoms with E-state index in [0.717, 1.165) is 18.8 Å². The molecule has 0 atom stereocenters. The van der Waals surface area contributed by atoms with Gasteiger partial charge in [-0.25, -0.2) is 0 Å². The standard InChI is InChI=1S/C21H25ClN2O4/c1-14-5-6-15(22)13-17(14)23-9-11-24(12-10-23)21(25)16-7-8-18(26-2)20(28-4)19(16)27-3/h5-8,13H,9-12H2,1-4H3. The van der Waals surface area contributed by atoms with Crippen LogP contribution in [-0.2, 0) is 0 Å². The second kappa shape index (κ2) is 8.61. The average Bonchev–Trinajstić information content (AvgIpc) is 2.73. The number of benzene rings is 2. The molecule has 1 fully saturated rings. The number of carbonyl (C=O) groups excluding carboxylic acids is 1. The fourth-order valence-corrected chi connectivity index (χ4v) is 3.68. The Morgan fingerprint density at radius 3 is 2.21 bits per heavy atom. The van der Waals surface area contributed by atoms with Crippen molar-refractivity contribution in [2.45, 2.75) is 6.92 Å². The van der Waals surface area contributed by atoms with E-state index in [4.69, 9.17) is 25.8 Å². The third kappa shape index (κ3) is 3.83. The predicted molar refractivity (Wildman–Crippen MR) is 110 cm³/mol. The fraction of sp³-hybridized carbons (Fsp3) is 0.381. The lowest BCUT2D eigenvalue weighted by molar-refractivity contribution is 0.0742. The van der Waals surface area contributed by atoms with Crippen LogP contribution >= 0.6 is 11.6 Å². The van der Waals surface area contributed by atoms with Gasteiger partial charge in [-0.3, -0.25) is 4.79 Å². The van der Waals surface area contributed by atoms with E-state index in [1.165, 1.54) is 19.8 Å². The molecule has 0 N–H and O–H groups in total. The zero-order valence-electron chi connectivity index (χ0n) is 16.6. The summed E-state index contributed by atoms with van der Waals surface area (Å²) in [5.74, 6) is 1.25. The summed E-state index contributed by atoms with van der Waals surface area (Å²) in [4.78, 5) is 17.2. The number of rotatable bonds is 5. The van der Waals surface area contributed by atoms with E-state index in [1.807, 2.05) is 23.1 Å². The van der Waals surface area contributed by atoms with Crippen LogP contribution in [0.25, 0.3) is 0 Å². The van der Waals surface area contributed by atoms with Gasteiger partial charge >= 0.3 is 0 Å². The van der Waals surface area contributed by atoms with Gasteiger partial charge in [-0.1, -0.05) is 17.7 Å². The highest BCUT2D eigenvalue weighted by Crippen LogP contribution is 2.40. The summed E-state index contributed by atoms with van der Waals surface area (Å²) in [5.41, 5.74) is 2.75. The van der Waals surface area contributed by atoms with E-state index >= 15 is 0 Å². The normalized spacial score (nSPS) is 14.0. The molecule has 0 aliphatic carbocycles. The molecular formula is C21H25ClN2O4. The van der Waals surface area contributed by atoms with Gasteiger partial charge in [-0.05, 0) is 36.8 Å². The number of nitrogens with zero attached hydrogens (tertiary/aromatic N) is 2. The first-order valence-corrected chi connectivity index (χ1v) is 9.47. The van der Waals surface area contributed by atoms with Crippen LogP contribution in [0.4, 0.5) is 5.69 Å². The van der Waals surface area contributed by atoms with Crippen molar-refractivity contribution in [3.63, 3.8) is 0 Å². The molecule has 0 aromatic heterocycles. The number of hydrogen-bond acceptors (Lipinski definition) is 5. The molecule has 6 nitrogen and oxygen atoms in total. The molecule has 7 heteroatoms. The minimum Gasteiger partial charge on any atom is -0.493 e. The predicted octanol–water partition coefficient (Wildman–Crippen LogP) is 3.64. The summed E-state index contributed by atoms with van der Waals surface area (Å²) in [6, 6.07) is 9.33. The van der Waals surface area contributed by atoms with Gasteiger partial charge in [0.1, 0.15) is 0 Å². The number of aryl methyl sites for hydroxylation is 1. The van der Waals surface area contributed by atoms with Crippen molar-refractivity contribution in [1.82, 2.24) is 4.90 Å². The Morgan fingerprint density at radius 1 is 0.929 bits per heavy atom. The number of amides is 1. The summed E-state index contributed by atoms with van der Waals surface area (Å²) >= 11 is 6.15. The van der Waals surface area contributed by atoms with Gasteiger partial charge in [0.25, 0.3) is 5.91 Å². The molecule has 2 aromatic carbocycles. The molecule has 3 rings (SSSR count). The van der Waals surface area contributed by atoms with Gasteiger partial charge in [0.15, 0.2) is 11.5 Å². The minimum atomic E-state index is -0.0831. The number of ether oxygens (including phenoxy) is 3. The quantitative estimate of drug-likeness (QED) is 0.761. The Kier molecular flexibility index (Phi) is 6.19. The first kappa shape index (κ1) is 20.1. The van der Waals surface area contributed by atoms with E-state index < -0.39 is 0 Å². The van der Waals surface area contributed by atoms with Crippen LogP contribution in [0, 0.1) is 6.92 Å². The van der Waals surface area contributed by atoms with Gasteiger partial charge in [-0.2, -0.15) is 0 Å². The summed E-state index contributed by atoms with van der Waals surface area (Å²) in [6.45, 7) is 4.77. The zero-order valence-corrected chi connectivity index (χ0v) is 17.4. The Hall–Kier alpha value is -2.60. The maximum absolute atomic E-state index is 13.1. The summed E-state index contributed by atoms with van der Waals surface area (Å²) in [6.07, 6.45) is 0. The number of hydrogen-bond donors (Lipinski definition) is 0. The van der Waals surface area contributed by atoms with Gasteiger partial charge < -0.3 is 24.0 Å². The molecular weight excluding hydrogens is 380 g/mol. The zero-order chi connectivity index (χ0) is 20.3. The van der Waals surface area contributed by atoms with E-state index in [9.17, 15) is 4.79 Å². The summed E-state index contributed by atoms with van der Waals surface area (Å²) in [5, 5.41) is 0.717. The largest absolute Gasteiger partial charge is 0.493 e. The average molecular weight is 405 g/mol. The highest BCUT2D eigenvalue weighted by molar-refractivity contribution is 6.30. The minimum absolute atomic E-state index is 0.0831. The molecule has 0 spiro atoms. The van der Waals surface area contributed by atoms with Crippen LogP contribution in [0.2, 0.25) is 5.02 Å². The molecule has 150 valence electrons. The first-order valence-electron chi connectivity index (χ1n) is 9.09. The molecule has 2 aromatic rings. The number of anilines is 1. The molecule has 1 aliphatic rings. The number of methoxy groups -OCH3 is 3. The molecule has 0 saturated carbocycles. The maximum atomic E-state index is 13.1. The van der Waals surface area contributed by atoms with Gasteiger partial charge in [0.2, 0.25) is 5.75 Å². The van der Waals surface area contributed by atoms with Crippen molar-refractivity contribution in [1.29, 1.82) is 0 Å². The lowest BCUT2D eigenvalue weighted by Gasteiger charge is -2.37. The molecule has 0 bridgehead atoms. The van der Waals surface area contributed by atoms with Gasteiger partial charge in [0, 0.05) is 36.9 Å². The first-order chi connectivity index (χ1) is 13.5. The summed E-state index contributed by atoms with van der Waals surface area (Å²) in [7, 11) is 4.60. The molecule has 0 unspecified atom stereocenters. The van der Waals surface area contributed by atoms with Crippen molar-refractivity contribution in [3.05, 3.63) is 46.5 Å². The molecule has 1 amide bonds. The Morgan fingerprint density at radius 2 is 1.61 bits per heavy atom. The van der Waals surface area contributed by atoms with Crippen molar-refractivity contribution < 1.29 is 19.0 Å². The monoisotopic (exact) mass is 404 g/mol. The molecule has 28 heavy (non-hydrogen) atoms. The smallest absolute Gasteiger partial charge is 0.257 e. The highest BCUT2D eigenvalue weighted by atomic mass is 35.5. The van der Waals surface area contributed by atoms with Crippen LogP contribution in [0.1, 0.15) is 15.9 Å². The summed E-state index contributed by atoms with van der Waals surface area (Å²) < 4.78 is 16.2. The molecule has 1 heterocycles. The molecule has 1 saturated heterocycles. The lowest BCUT2D eigenvalue weighted by atomic mass is 10.1. The highest BCUT2D eigenvalue weighted by Gasteiger charge is 2.27. The van der Waals surface area contributed by atoms with E-state index in [1.54, 1.807) is 19.2 Å². The van der Waals surface area contributed by atoms with Gasteiger partial charge in [-0.15, -0.1) is 0 Å².